The smallest absolute Gasteiger partial charge is 0.223 e. The molecule has 2 saturated carbocycles. The highest BCUT2D eigenvalue weighted by atomic mass is 16.2. The van der Waals surface area contributed by atoms with Crippen molar-refractivity contribution in [2.75, 3.05) is 13.1 Å². The Kier molecular flexibility index (Phi) is 3.60. The van der Waals surface area contributed by atoms with Crippen molar-refractivity contribution in [3.8, 4) is 0 Å². The predicted molar refractivity (Wildman–Crippen MR) is 72.1 cm³/mol. The van der Waals surface area contributed by atoms with E-state index >= 15 is 0 Å². The van der Waals surface area contributed by atoms with Crippen molar-refractivity contribution in [1.29, 1.82) is 0 Å². The molecule has 0 aromatic rings. The molecule has 102 valence electrons. The molecule has 5 unspecified atom stereocenters. The molecule has 5 atom stereocenters. The van der Waals surface area contributed by atoms with Gasteiger partial charge in [0.15, 0.2) is 0 Å². The minimum Gasteiger partial charge on any atom is -0.353 e. The maximum absolute atomic E-state index is 12.4. The lowest BCUT2D eigenvalue weighted by Gasteiger charge is -2.31. The van der Waals surface area contributed by atoms with Gasteiger partial charge in [0, 0.05) is 12.0 Å². The monoisotopic (exact) mass is 250 g/mol. The second-order valence-electron chi connectivity index (χ2n) is 6.69. The lowest BCUT2D eigenvalue weighted by molar-refractivity contribution is -0.127. The van der Waals surface area contributed by atoms with Crippen molar-refractivity contribution < 1.29 is 4.79 Å². The third-order valence-corrected chi connectivity index (χ3v) is 5.49. The minimum absolute atomic E-state index is 0.336. The standard InChI is InChI=1S/C15H26N2O/c1-10(13-3-2-6-16-9-13)17-15(18)14-8-11-4-5-12(14)7-11/h10-14,16H,2-9H2,1H3,(H,17,18). The van der Waals surface area contributed by atoms with Crippen molar-refractivity contribution in [3.05, 3.63) is 0 Å². The number of amides is 1. The predicted octanol–water partition coefficient (Wildman–Crippen LogP) is 1.93. The molecule has 1 aliphatic heterocycles. The molecule has 1 heterocycles. The lowest BCUT2D eigenvalue weighted by atomic mass is 9.87. The Morgan fingerprint density at radius 1 is 1.28 bits per heavy atom. The maximum Gasteiger partial charge on any atom is 0.223 e. The van der Waals surface area contributed by atoms with Gasteiger partial charge in [-0.25, -0.2) is 0 Å². The number of hydrogen-bond donors (Lipinski definition) is 2. The Bertz CT molecular complexity index is 312. The van der Waals surface area contributed by atoms with Crippen molar-refractivity contribution in [1.82, 2.24) is 10.6 Å². The van der Waals surface area contributed by atoms with Gasteiger partial charge in [0.2, 0.25) is 5.91 Å². The molecule has 0 spiro atoms. The van der Waals surface area contributed by atoms with Gasteiger partial charge in [0.05, 0.1) is 0 Å². The van der Waals surface area contributed by atoms with Gasteiger partial charge in [-0.3, -0.25) is 4.79 Å². The molecular formula is C15H26N2O. The summed E-state index contributed by atoms with van der Waals surface area (Å²) in [5, 5.41) is 6.73. The fourth-order valence-corrected chi connectivity index (χ4v) is 4.32. The molecule has 2 bridgehead atoms. The highest BCUT2D eigenvalue weighted by Gasteiger charge is 2.43. The Balaban J connectivity index is 1.51. The zero-order chi connectivity index (χ0) is 12.5. The van der Waals surface area contributed by atoms with Crippen LogP contribution in [0, 0.1) is 23.7 Å². The Morgan fingerprint density at radius 2 is 2.17 bits per heavy atom. The van der Waals surface area contributed by atoms with E-state index in [1.54, 1.807) is 0 Å². The highest BCUT2D eigenvalue weighted by molar-refractivity contribution is 5.79. The second-order valence-corrected chi connectivity index (χ2v) is 6.69. The van der Waals surface area contributed by atoms with Crippen LogP contribution in [0.25, 0.3) is 0 Å². The first-order valence-electron chi connectivity index (χ1n) is 7.75. The van der Waals surface area contributed by atoms with Gasteiger partial charge < -0.3 is 10.6 Å². The van der Waals surface area contributed by atoms with Crippen molar-refractivity contribution in [3.63, 3.8) is 0 Å². The zero-order valence-electron chi connectivity index (χ0n) is 11.5. The van der Waals surface area contributed by atoms with Crippen LogP contribution in [-0.4, -0.2) is 25.0 Å². The fourth-order valence-electron chi connectivity index (χ4n) is 4.32. The van der Waals surface area contributed by atoms with Crippen LogP contribution in [0.1, 0.15) is 45.4 Å². The lowest BCUT2D eigenvalue weighted by Crippen LogP contribution is -2.47. The summed E-state index contributed by atoms with van der Waals surface area (Å²) >= 11 is 0. The van der Waals surface area contributed by atoms with Crippen LogP contribution in [0.15, 0.2) is 0 Å². The van der Waals surface area contributed by atoms with Gasteiger partial charge in [-0.05, 0) is 69.9 Å². The number of carbonyl (C=O) groups excluding carboxylic acids is 1. The molecular weight excluding hydrogens is 224 g/mol. The third kappa shape index (κ3) is 2.42. The molecule has 1 saturated heterocycles. The van der Waals surface area contributed by atoms with Gasteiger partial charge in [0.25, 0.3) is 0 Å². The van der Waals surface area contributed by atoms with Crippen LogP contribution in [0.4, 0.5) is 0 Å². The zero-order valence-corrected chi connectivity index (χ0v) is 11.5. The molecule has 3 aliphatic rings. The summed E-state index contributed by atoms with van der Waals surface area (Å²) in [6, 6.07) is 0.337. The molecule has 0 radical (unpaired) electrons. The van der Waals surface area contributed by atoms with Gasteiger partial charge >= 0.3 is 0 Å². The van der Waals surface area contributed by atoms with Crippen LogP contribution in [-0.2, 0) is 4.79 Å². The normalized spacial score (nSPS) is 40.7. The molecule has 3 heteroatoms. The van der Waals surface area contributed by atoms with Crippen LogP contribution in [0.2, 0.25) is 0 Å². The van der Waals surface area contributed by atoms with Crippen LogP contribution < -0.4 is 10.6 Å². The summed E-state index contributed by atoms with van der Waals surface area (Å²) in [6.45, 7) is 4.39. The molecule has 18 heavy (non-hydrogen) atoms. The van der Waals surface area contributed by atoms with E-state index in [9.17, 15) is 4.79 Å². The maximum atomic E-state index is 12.4. The topological polar surface area (TPSA) is 41.1 Å². The van der Waals surface area contributed by atoms with E-state index < -0.39 is 0 Å². The number of carbonyl (C=O) groups is 1. The Labute approximate surface area is 110 Å². The van der Waals surface area contributed by atoms with E-state index in [1.807, 2.05) is 0 Å². The first-order valence-corrected chi connectivity index (χ1v) is 7.75. The Hall–Kier alpha value is -0.570. The van der Waals surface area contributed by atoms with Gasteiger partial charge in [-0.1, -0.05) is 6.42 Å². The van der Waals surface area contributed by atoms with Gasteiger partial charge in [-0.2, -0.15) is 0 Å². The number of fused-ring (bicyclic) bond motifs is 2. The largest absolute Gasteiger partial charge is 0.353 e. The third-order valence-electron chi connectivity index (χ3n) is 5.49. The van der Waals surface area contributed by atoms with Crippen molar-refractivity contribution in [2.45, 2.75) is 51.5 Å². The summed E-state index contributed by atoms with van der Waals surface area (Å²) < 4.78 is 0. The summed E-state index contributed by atoms with van der Waals surface area (Å²) in [6.07, 6.45) is 7.65. The van der Waals surface area contributed by atoms with E-state index in [1.165, 1.54) is 32.1 Å². The molecule has 2 N–H and O–H groups in total. The quantitative estimate of drug-likeness (QED) is 0.803. The highest BCUT2D eigenvalue weighted by Crippen LogP contribution is 2.48. The average Bonchev–Trinajstić information content (AvgIpc) is 3.02. The van der Waals surface area contributed by atoms with Crippen LogP contribution in [0.5, 0.6) is 0 Å². The summed E-state index contributed by atoms with van der Waals surface area (Å²) in [5.41, 5.74) is 0. The first-order chi connectivity index (χ1) is 8.74. The Morgan fingerprint density at radius 3 is 2.78 bits per heavy atom. The van der Waals surface area contributed by atoms with E-state index in [-0.39, 0.29) is 0 Å². The molecule has 3 fully saturated rings. The van der Waals surface area contributed by atoms with Gasteiger partial charge in [0.1, 0.15) is 0 Å². The number of nitrogens with one attached hydrogen (secondary N) is 2. The molecule has 0 aromatic carbocycles. The molecule has 3 nitrogen and oxygen atoms in total. The molecule has 0 aromatic heterocycles. The number of hydrogen-bond acceptors (Lipinski definition) is 2. The molecule has 2 aliphatic carbocycles. The van der Waals surface area contributed by atoms with E-state index in [0.717, 1.165) is 25.4 Å². The van der Waals surface area contributed by atoms with Crippen LogP contribution >= 0.6 is 0 Å². The van der Waals surface area contributed by atoms with E-state index in [2.05, 4.69) is 17.6 Å². The summed E-state index contributed by atoms with van der Waals surface area (Å²) in [7, 11) is 0. The average molecular weight is 250 g/mol. The van der Waals surface area contributed by atoms with Crippen molar-refractivity contribution >= 4 is 5.91 Å². The summed E-state index contributed by atoms with van der Waals surface area (Å²) in [4.78, 5) is 12.4. The molecule has 1 amide bonds. The fraction of sp³-hybridized carbons (Fsp3) is 0.933. The van der Waals surface area contributed by atoms with Crippen LogP contribution in [0.3, 0.4) is 0 Å². The molecule has 3 rings (SSSR count). The van der Waals surface area contributed by atoms with Crippen molar-refractivity contribution in [2.24, 2.45) is 23.7 Å². The van der Waals surface area contributed by atoms with Gasteiger partial charge in [-0.15, -0.1) is 0 Å². The SMILES string of the molecule is CC(NC(=O)C1CC2CCC1C2)C1CCCNC1. The van der Waals surface area contributed by atoms with E-state index in [4.69, 9.17) is 0 Å². The first kappa shape index (κ1) is 12.5. The minimum atomic E-state index is 0.336. The number of rotatable bonds is 3. The summed E-state index contributed by atoms with van der Waals surface area (Å²) in [5.74, 6) is 2.87. The van der Waals surface area contributed by atoms with E-state index in [0.29, 0.717) is 29.7 Å². The second kappa shape index (κ2) is 5.20. The number of piperidine rings is 1.